The Bertz CT molecular complexity index is 1470. The number of nitrogens with one attached hydrogen (secondary N) is 1. The molecule has 2 heterocycles. The average Bonchev–Trinajstić information content (AvgIpc) is 3.41. The third-order valence-corrected chi connectivity index (χ3v) is 7.65. The van der Waals surface area contributed by atoms with Crippen LogP contribution >= 0.6 is 11.3 Å². The highest BCUT2D eigenvalue weighted by Crippen LogP contribution is 2.31. The minimum Gasteiger partial charge on any atom is -0.492 e. The van der Waals surface area contributed by atoms with E-state index in [1.807, 2.05) is 12.1 Å². The quantitative estimate of drug-likeness (QED) is 0.245. The first kappa shape index (κ1) is 28.5. The first-order chi connectivity index (χ1) is 20.1. The normalized spacial score (nSPS) is 14.4. The van der Waals surface area contributed by atoms with Gasteiger partial charge in [0, 0.05) is 25.2 Å². The van der Waals surface area contributed by atoms with Crippen molar-refractivity contribution >= 4 is 32.6 Å². The molecule has 1 aromatic heterocycles. The summed E-state index contributed by atoms with van der Waals surface area (Å²) in [5.41, 5.74) is 2.89. The highest BCUT2D eigenvalue weighted by Gasteiger charge is 2.25. The molecule has 0 spiro atoms. The van der Waals surface area contributed by atoms with E-state index in [1.165, 1.54) is 11.3 Å². The summed E-state index contributed by atoms with van der Waals surface area (Å²) in [5.74, 6) is 0.684. The van der Waals surface area contributed by atoms with Gasteiger partial charge in [0.15, 0.2) is 5.13 Å². The lowest BCUT2D eigenvalue weighted by atomic mass is 10.1. The number of thiazole rings is 1. The van der Waals surface area contributed by atoms with E-state index in [1.54, 1.807) is 48.5 Å². The predicted molar refractivity (Wildman–Crippen MR) is 154 cm³/mol. The van der Waals surface area contributed by atoms with E-state index in [4.69, 9.17) is 19.5 Å². The monoisotopic (exact) mass is 574 g/mol. The van der Waals surface area contributed by atoms with E-state index in [0.29, 0.717) is 51.0 Å². The van der Waals surface area contributed by atoms with Crippen LogP contribution in [-0.2, 0) is 22.7 Å². The summed E-state index contributed by atoms with van der Waals surface area (Å²) in [4.78, 5) is 20.3. The third-order valence-electron chi connectivity index (χ3n) is 6.72. The van der Waals surface area contributed by atoms with E-state index in [-0.39, 0.29) is 13.2 Å². The number of rotatable bonds is 11. The minimum atomic E-state index is -1.02. The summed E-state index contributed by atoms with van der Waals surface area (Å²) in [5, 5.41) is 31.6. The minimum absolute atomic E-state index is 0.209. The summed E-state index contributed by atoms with van der Waals surface area (Å²) in [7, 11) is 0. The lowest BCUT2D eigenvalue weighted by Crippen LogP contribution is -2.38. The van der Waals surface area contributed by atoms with Gasteiger partial charge in [-0.15, -0.1) is 0 Å². The van der Waals surface area contributed by atoms with Crippen LogP contribution in [0.5, 0.6) is 11.5 Å². The maximum Gasteiger partial charge on any atom is 0.271 e. The molecule has 11 heteroatoms. The number of aliphatic hydroxyl groups excluding tert-OH is 2. The Hall–Kier alpha value is -4.05. The number of carbonyl (C=O) groups excluding carboxylic acids is 1. The molecule has 10 nitrogen and oxygen atoms in total. The number of aromatic nitrogens is 1. The van der Waals surface area contributed by atoms with Crippen LogP contribution in [0.15, 0.2) is 60.7 Å². The number of hydrogen-bond donors (Lipinski definition) is 3. The number of aliphatic hydroxyl groups is 2. The maximum absolute atomic E-state index is 13.5. The van der Waals surface area contributed by atoms with Crippen LogP contribution in [-0.4, -0.2) is 65.5 Å². The Balaban J connectivity index is 1.32. The number of anilines is 1. The fourth-order valence-corrected chi connectivity index (χ4v) is 5.37. The van der Waals surface area contributed by atoms with Crippen LogP contribution in [0.3, 0.4) is 0 Å². The molecular formula is C30H30N4O6S. The molecule has 1 fully saturated rings. The zero-order chi connectivity index (χ0) is 28.6. The summed E-state index contributed by atoms with van der Waals surface area (Å²) in [6.07, 6.45) is -1.02. The summed E-state index contributed by atoms with van der Waals surface area (Å²) in [6.45, 7) is 4.18. The first-order valence-electron chi connectivity index (χ1n) is 13.2. The number of amides is 1. The molecule has 1 aliphatic heterocycles. The SMILES string of the molecule is N#Cc1ccc(OC(C(=O)Nc2nc3cc(CO)c(CO)cc3s2)c2ccc(OCCN3CCOCC3)cc2)cc1. The fraction of sp³-hybridized carbons (Fsp3) is 0.300. The highest BCUT2D eigenvalue weighted by atomic mass is 32.1. The number of nitrogens with zero attached hydrogens (tertiary/aromatic N) is 3. The van der Waals surface area contributed by atoms with Crippen LogP contribution < -0.4 is 14.8 Å². The number of ether oxygens (including phenoxy) is 3. The summed E-state index contributed by atoms with van der Waals surface area (Å²) in [6, 6.07) is 19.3. The zero-order valence-corrected chi connectivity index (χ0v) is 23.1. The predicted octanol–water partition coefficient (Wildman–Crippen LogP) is 3.62. The van der Waals surface area contributed by atoms with Crippen LogP contribution in [0.2, 0.25) is 0 Å². The lowest BCUT2D eigenvalue weighted by molar-refractivity contribution is -0.123. The van der Waals surface area contributed by atoms with E-state index >= 15 is 0 Å². The van der Waals surface area contributed by atoms with E-state index < -0.39 is 12.0 Å². The van der Waals surface area contributed by atoms with Gasteiger partial charge in [-0.25, -0.2) is 4.98 Å². The van der Waals surface area contributed by atoms with E-state index in [0.717, 1.165) is 37.5 Å². The molecule has 1 aliphatic rings. The topological polar surface area (TPSA) is 137 Å². The van der Waals surface area contributed by atoms with Gasteiger partial charge in [-0.1, -0.05) is 23.5 Å². The smallest absolute Gasteiger partial charge is 0.271 e. The van der Waals surface area contributed by atoms with Crippen LogP contribution in [0.1, 0.15) is 28.4 Å². The van der Waals surface area contributed by atoms with Crippen molar-refractivity contribution in [3.63, 3.8) is 0 Å². The van der Waals surface area contributed by atoms with Crippen molar-refractivity contribution in [1.82, 2.24) is 9.88 Å². The molecule has 0 aliphatic carbocycles. The third kappa shape index (κ3) is 7.18. The van der Waals surface area contributed by atoms with Crippen LogP contribution in [0.25, 0.3) is 10.2 Å². The van der Waals surface area contributed by atoms with Crippen molar-refractivity contribution in [3.05, 3.63) is 82.9 Å². The van der Waals surface area contributed by atoms with Crippen molar-refractivity contribution < 1.29 is 29.2 Å². The molecule has 0 saturated carbocycles. The number of fused-ring (bicyclic) bond motifs is 1. The van der Waals surface area contributed by atoms with Gasteiger partial charge in [0.05, 0.1) is 48.3 Å². The molecule has 0 bridgehead atoms. The lowest BCUT2D eigenvalue weighted by Gasteiger charge is -2.26. The largest absolute Gasteiger partial charge is 0.492 e. The molecule has 1 atom stereocenters. The molecule has 212 valence electrons. The van der Waals surface area contributed by atoms with Crippen molar-refractivity contribution in [3.8, 4) is 17.6 Å². The maximum atomic E-state index is 13.5. The first-order valence-corrected chi connectivity index (χ1v) is 14.0. The second kappa shape index (κ2) is 13.5. The van der Waals surface area contributed by atoms with Crippen LogP contribution in [0, 0.1) is 11.3 Å². The molecule has 41 heavy (non-hydrogen) atoms. The Kier molecular flexibility index (Phi) is 9.40. The number of benzene rings is 3. The van der Waals surface area contributed by atoms with E-state index in [2.05, 4.69) is 21.3 Å². The molecule has 1 unspecified atom stereocenters. The van der Waals surface area contributed by atoms with Gasteiger partial charge in [0.2, 0.25) is 6.10 Å². The zero-order valence-electron chi connectivity index (χ0n) is 22.3. The van der Waals surface area contributed by atoms with Gasteiger partial charge in [-0.3, -0.25) is 15.0 Å². The highest BCUT2D eigenvalue weighted by molar-refractivity contribution is 7.22. The second-order valence-corrected chi connectivity index (χ2v) is 10.4. The number of hydrogen-bond acceptors (Lipinski definition) is 10. The van der Waals surface area contributed by atoms with Crippen molar-refractivity contribution in [1.29, 1.82) is 5.26 Å². The van der Waals surface area contributed by atoms with Crippen molar-refractivity contribution in [2.45, 2.75) is 19.3 Å². The average molecular weight is 575 g/mol. The van der Waals surface area contributed by atoms with Gasteiger partial charge >= 0.3 is 0 Å². The van der Waals surface area contributed by atoms with Crippen LogP contribution in [0.4, 0.5) is 5.13 Å². The molecular weight excluding hydrogens is 544 g/mol. The van der Waals surface area contributed by atoms with Crippen molar-refractivity contribution in [2.24, 2.45) is 0 Å². The summed E-state index contributed by atoms with van der Waals surface area (Å²) < 4.78 is 18.2. The summed E-state index contributed by atoms with van der Waals surface area (Å²) >= 11 is 1.26. The van der Waals surface area contributed by atoms with Crippen molar-refractivity contribution in [2.75, 3.05) is 44.8 Å². The Morgan fingerprint density at radius 3 is 2.41 bits per heavy atom. The number of carbonyl (C=O) groups is 1. The molecule has 1 amide bonds. The van der Waals surface area contributed by atoms with Gasteiger partial charge < -0.3 is 24.4 Å². The Labute approximate surface area is 241 Å². The molecule has 1 saturated heterocycles. The molecule has 0 radical (unpaired) electrons. The van der Waals surface area contributed by atoms with Gasteiger partial charge in [-0.2, -0.15) is 5.26 Å². The molecule has 4 aromatic rings. The number of nitriles is 1. The fourth-order valence-electron chi connectivity index (χ4n) is 4.45. The van der Waals surface area contributed by atoms with Gasteiger partial charge in [0.1, 0.15) is 18.1 Å². The Morgan fingerprint density at radius 2 is 1.73 bits per heavy atom. The Morgan fingerprint density at radius 1 is 1.05 bits per heavy atom. The standard InChI is InChI=1S/C30H30N4O6S/c31-17-20-1-5-25(6-2-20)40-28(21-3-7-24(8-4-21)39-14-11-34-9-12-38-13-10-34)29(37)33-30-32-26-15-22(18-35)23(19-36)16-27(26)41-30/h1-8,15-16,28,35-36H,9-14,18-19H2,(H,32,33,37). The van der Waals surface area contributed by atoms with Gasteiger partial charge in [-0.05, 0) is 59.7 Å². The molecule has 5 rings (SSSR count). The number of morpholine rings is 1. The van der Waals surface area contributed by atoms with E-state index in [9.17, 15) is 15.0 Å². The molecule has 3 aromatic carbocycles. The second-order valence-electron chi connectivity index (χ2n) is 9.42. The molecule has 3 N–H and O–H groups in total. The van der Waals surface area contributed by atoms with Gasteiger partial charge in [0.25, 0.3) is 5.91 Å².